The second kappa shape index (κ2) is 4.54. The smallest absolute Gasteiger partial charge is 0.138 e. The predicted octanol–water partition coefficient (Wildman–Crippen LogP) is 1.19. The van der Waals surface area contributed by atoms with Gasteiger partial charge in [-0.25, -0.2) is 0 Å². The highest BCUT2D eigenvalue weighted by Crippen LogP contribution is 2.26. The molecule has 1 fully saturated rings. The van der Waals surface area contributed by atoms with E-state index < -0.39 is 0 Å². The number of hydrogen-bond acceptors (Lipinski definition) is 4. The van der Waals surface area contributed by atoms with E-state index in [9.17, 15) is 0 Å². The van der Waals surface area contributed by atoms with Crippen LogP contribution in [0.1, 0.15) is 0 Å². The maximum atomic E-state index is 5.15. The van der Waals surface area contributed by atoms with Crippen LogP contribution in [-0.4, -0.2) is 40.3 Å². The zero-order valence-electron chi connectivity index (χ0n) is 6.66. The highest BCUT2D eigenvalue weighted by molar-refractivity contribution is 8.30. The topological polar surface area (TPSA) is 15.3 Å². The lowest BCUT2D eigenvalue weighted by Gasteiger charge is -2.15. The summed E-state index contributed by atoms with van der Waals surface area (Å²) >= 11 is 8.80. The van der Waals surface area contributed by atoms with Gasteiger partial charge < -0.3 is 4.90 Å². The molecule has 0 amide bonds. The van der Waals surface area contributed by atoms with Gasteiger partial charge in [0.15, 0.2) is 0 Å². The minimum absolute atomic E-state index is 0.477. The first-order valence-electron chi connectivity index (χ1n) is 3.43. The fourth-order valence-corrected chi connectivity index (χ4v) is 3.26. The Kier molecular flexibility index (Phi) is 3.98. The first kappa shape index (κ1) is 9.64. The van der Waals surface area contributed by atoms with Crippen LogP contribution < -0.4 is 5.32 Å². The minimum atomic E-state index is 0.477. The number of rotatable bonds is 1. The zero-order valence-corrected chi connectivity index (χ0v) is 9.11. The third-order valence-corrected chi connectivity index (χ3v) is 4.46. The Morgan fingerprint density at radius 3 is 2.91 bits per heavy atom. The summed E-state index contributed by atoms with van der Waals surface area (Å²) in [4.78, 5) is 1.97. The van der Waals surface area contributed by atoms with Crippen LogP contribution >= 0.6 is 35.7 Å². The molecule has 1 aliphatic rings. The summed E-state index contributed by atoms with van der Waals surface area (Å²) in [6.07, 6.45) is 0. The average molecular weight is 208 g/mol. The van der Waals surface area contributed by atoms with E-state index in [-0.39, 0.29) is 0 Å². The van der Waals surface area contributed by atoms with Crippen LogP contribution in [-0.2, 0) is 0 Å². The molecule has 11 heavy (non-hydrogen) atoms. The summed E-state index contributed by atoms with van der Waals surface area (Å²) < 4.78 is 1.43. The van der Waals surface area contributed by atoms with Gasteiger partial charge in [0, 0.05) is 26.4 Å². The van der Waals surface area contributed by atoms with Crippen molar-refractivity contribution in [3.8, 4) is 0 Å². The van der Waals surface area contributed by atoms with E-state index in [1.54, 1.807) is 11.8 Å². The van der Waals surface area contributed by atoms with Crippen LogP contribution in [0, 0.1) is 0 Å². The fourth-order valence-electron chi connectivity index (χ4n) is 0.674. The molecule has 0 radical (unpaired) electrons. The summed E-state index contributed by atoms with van der Waals surface area (Å²) in [6, 6.07) is 0. The standard InChI is InChI=1S/C6H12N2S3/c1-8(2)6(9)11-5-7-3-4-10-5/h5,7H,3-4H2,1-2H3. The lowest BCUT2D eigenvalue weighted by atomic mass is 10.8. The molecule has 0 aromatic heterocycles. The van der Waals surface area contributed by atoms with E-state index >= 15 is 0 Å². The summed E-state index contributed by atoms with van der Waals surface area (Å²) in [5, 5.41) is 3.35. The van der Waals surface area contributed by atoms with E-state index in [0.717, 1.165) is 10.9 Å². The van der Waals surface area contributed by atoms with Gasteiger partial charge >= 0.3 is 0 Å². The molecule has 0 aromatic carbocycles. The van der Waals surface area contributed by atoms with E-state index in [0.29, 0.717) is 4.71 Å². The maximum Gasteiger partial charge on any atom is 0.138 e. The third-order valence-electron chi connectivity index (χ3n) is 1.26. The molecule has 0 saturated carbocycles. The van der Waals surface area contributed by atoms with Gasteiger partial charge in [-0.15, -0.1) is 11.8 Å². The number of hydrogen-bond donors (Lipinski definition) is 1. The number of thiocarbonyl (C=S) groups is 1. The lowest BCUT2D eigenvalue weighted by Crippen LogP contribution is -2.23. The van der Waals surface area contributed by atoms with Gasteiger partial charge in [0.05, 0.1) is 0 Å². The van der Waals surface area contributed by atoms with Crippen molar-refractivity contribution >= 4 is 40.1 Å². The van der Waals surface area contributed by atoms with Gasteiger partial charge in [0.25, 0.3) is 0 Å². The molecule has 1 atom stereocenters. The van der Waals surface area contributed by atoms with Crippen molar-refractivity contribution < 1.29 is 0 Å². The second-order valence-electron chi connectivity index (χ2n) is 2.44. The van der Waals surface area contributed by atoms with Gasteiger partial charge in [-0.3, -0.25) is 5.32 Å². The molecule has 1 rings (SSSR count). The number of thioether (sulfide) groups is 2. The van der Waals surface area contributed by atoms with Gasteiger partial charge in [-0.05, 0) is 0 Å². The molecule has 0 bridgehead atoms. The van der Waals surface area contributed by atoms with E-state index in [4.69, 9.17) is 12.2 Å². The molecule has 1 unspecified atom stereocenters. The highest BCUT2D eigenvalue weighted by Gasteiger charge is 2.17. The van der Waals surface area contributed by atoms with Crippen LogP contribution in [0.2, 0.25) is 0 Å². The molecule has 1 saturated heterocycles. The molecular formula is C6H12N2S3. The van der Waals surface area contributed by atoms with Crippen molar-refractivity contribution in [2.75, 3.05) is 26.4 Å². The SMILES string of the molecule is CN(C)C(=S)SC1NCCS1. The van der Waals surface area contributed by atoms with E-state index in [2.05, 4.69) is 5.32 Å². The molecule has 64 valence electrons. The van der Waals surface area contributed by atoms with Gasteiger partial charge in [0.2, 0.25) is 0 Å². The summed E-state index contributed by atoms with van der Waals surface area (Å²) in [6.45, 7) is 1.11. The van der Waals surface area contributed by atoms with Crippen LogP contribution in [0.3, 0.4) is 0 Å². The van der Waals surface area contributed by atoms with E-state index in [1.807, 2.05) is 30.8 Å². The van der Waals surface area contributed by atoms with Crippen molar-refractivity contribution in [2.24, 2.45) is 0 Å². The van der Waals surface area contributed by atoms with Crippen molar-refractivity contribution in [1.82, 2.24) is 10.2 Å². The summed E-state index contributed by atoms with van der Waals surface area (Å²) in [5.41, 5.74) is 0. The number of nitrogens with one attached hydrogen (secondary N) is 1. The van der Waals surface area contributed by atoms with Gasteiger partial charge in [0.1, 0.15) is 9.03 Å². The van der Waals surface area contributed by atoms with Gasteiger partial charge in [-0.2, -0.15) is 0 Å². The molecule has 2 nitrogen and oxygen atoms in total. The first-order valence-corrected chi connectivity index (χ1v) is 5.77. The van der Waals surface area contributed by atoms with Crippen molar-refractivity contribution in [3.63, 3.8) is 0 Å². The normalized spacial score (nSPS) is 23.6. The predicted molar refractivity (Wildman–Crippen MR) is 58.1 cm³/mol. The molecule has 1 aliphatic heterocycles. The van der Waals surface area contributed by atoms with Crippen molar-refractivity contribution in [3.05, 3.63) is 0 Å². The van der Waals surface area contributed by atoms with Gasteiger partial charge in [-0.1, -0.05) is 24.0 Å². The Labute approximate surface area is 81.5 Å². The Bertz CT molecular complexity index is 143. The molecule has 5 heteroatoms. The molecule has 0 aromatic rings. The first-order chi connectivity index (χ1) is 5.20. The Balaban J connectivity index is 2.24. The molecule has 0 aliphatic carbocycles. The van der Waals surface area contributed by atoms with E-state index in [1.165, 1.54) is 5.75 Å². The Morgan fingerprint density at radius 2 is 2.45 bits per heavy atom. The monoisotopic (exact) mass is 208 g/mol. The van der Waals surface area contributed by atoms with Crippen LogP contribution in [0.4, 0.5) is 0 Å². The fraction of sp³-hybridized carbons (Fsp3) is 0.833. The third kappa shape index (κ3) is 3.19. The lowest BCUT2D eigenvalue weighted by molar-refractivity contribution is 0.647. The van der Waals surface area contributed by atoms with Crippen molar-refractivity contribution in [1.29, 1.82) is 0 Å². The molecule has 1 heterocycles. The Hall–Kier alpha value is 0.550. The van der Waals surface area contributed by atoms with Crippen LogP contribution in [0.5, 0.6) is 0 Å². The van der Waals surface area contributed by atoms with Crippen LogP contribution in [0.15, 0.2) is 0 Å². The quantitative estimate of drug-likeness (QED) is 0.649. The maximum absolute atomic E-state index is 5.15. The Morgan fingerprint density at radius 1 is 1.73 bits per heavy atom. The zero-order chi connectivity index (χ0) is 8.27. The summed E-state index contributed by atoms with van der Waals surface area (Å²) in [7, 11) is 3.96. The minimum Gasteiger partial charge on any atom is -0.364 e. The molecular weight excluding hydrogens is 196 g/mol. The molecule has 1 N–H and O–H groups in total. The largest absolute Gasteiger partial charge is 0.364 e. The number of nitrogens with zero attached hydrogens (tertiary/aromatic N) is 1. The summed E-state index contributed by atoms with van der Waals surface area (Å²) in [5.74, 6) is 1.20. The second-order valence-corrected chi connectivity index (χ2v) is 5.69. The molecule has 0 spiro atoms. The average Bonchev–Trinajstić information content (AvgIpc) is 2.39. The van der Waals surface area contributed by atoms with Crippen molar-refractivity contribution in [2.45, 2.75) is 4.71 Å². The van der Waals surface area contributed by atoms with Crippen LogP contribution in [0.25, 0.3) is 0 Å². The highest BCUT2D eigenvalue weighted by atomic mass is 32.2.